The highest BCUT2D eigenvalue weighted by molar-refractivity contribution is 6.02. The number of hydrogen-bond acceptors (Lipinski definition) is 5. The van der Waals surface area contributed by atoms with Crippen molar-refractivity contribution in [2.75, 3.05) is 29.4 Å². The van der Waals surface area contributed by atoms with Crippen LogP contribution >= 0.6 is 0 Å². The van der Waals surface area contributed by atoms with E-state index in [0.717, 1.165) is 30.0 Å². The molecule has 7 heteroatoms. The van der Waals surface area contributed by atoms with Gasteiger partial charge in [-0.3, -0.25) is 15.1 Å². The lowest BCUT2D eigenvalue weighted by molar-refractivity contribution is -0.117. The Labute approximate surface area is 167 Å². The smallest absolute Gasteiger partial charge is 0.414 e. The molecule has 1 saturated heterocycles. The lowest BCUT2D eigenvalue weighted by atomic mass is 9.96. The fraction of sp³-hybridized carbons (Fsp3) is 0.619. The Morgan fingerprint density at radius 1 is 1.14 bits per heavy atom. The number of fused-ring (bicyclic) bond motifs is 1. The number of amides is 2. The van der Waals surface area contributed by atoms with Gasteiger partial charge in [0.1, 0.15) is 0 Å². The minimum absolute atomic E-state index is 0.0214. The lowest BCUT2D eigenvalue weighted by Gasteiger charge is -2.40. The van der Waals surface area contributed by atoms with E-state index >= 15 is 0 Å². The third-order valence-electron chi connectivity index (χ3n) is 5.39. The predicted octanol–water partition coefficient (Wildman–Crippen LogP) is 3.11. The second-order valence-electron chi connectivity index (χ2n) is 8.33. The van der Waals surface area contributed by atoms with Crippen LogP contribution in [0.3, 0.4) is 0 Å². The quantitative estimate of drug-likeness (QED) is 0.862. The van der Waals surface area contributed by atoms with Gasteiger partial charge in [0.25, 0.3) is 0 Å². The first-order chi connectivity index (χ1) is 13.2. The van der Waals surface area contributed by atoms with Crippen LogP contribution in [0.1, 0.15) is 53.0 Å². The molecule has 1 aromatic carbocycles. The van der Waals surface area contributed by atoms with E-state index in [4.69, 9.17) is 4.74 Å². The Bertz CT molecular complexity index is 749. The molecule has 1 aromatic rings. The molecule has 154 valence electrons. The zero-order valence-corrected chi connectivity index (χ0v) is 17.7. The van der Waals surface area contributed by atoms with Crippen molar-refractivity contribution in [3.8, 4) is 0 Å². The van der Waals surface area contributed by atoms with Gasteiger partial charge in [-0.2, -0.15) is 0 Å². The third kappa shape index (κ3) is 4.00. The SMILES string of the molecule is CC(=O)N1c2ccc(C3CNN(C(C)C)C3)cc2N(C(=O)OC(C)C)C[C@@H]1C. The topological polar surface area (TPSA) is 65.1 Å². The van der Waals surface area contributed by atoms with E-state index in [-0.39, 0.29) is 24.1 Å². The molecule has 2 amide bonds. The van der Waals surface area contributed by atoms with Gasteiger partial charge in [0, 0.05) is 38.5 Å². The Morgan fingerprint density at radius 2 is 1.86 bits per heavy atom. The minimum atomic E-state index is -0.364. The van der Waals surface area contributed by atoms with E-state index in [1.54, 1.807) is 16.7 Å². The molecule has 1 fully saturated rings. The van der Waals surface area contributed by atoms with Crippen LogP contribution in [0.15, 0.2) is 18.2 Å². The summed E-state index contributed by atoms with van der Waals surface area (Å²) >= 11 is 0. The summed E-state index contributed by atoms with van der Waals surface area (Å²) in [5.74, 6) is 0.313. The van der Waals surface area contributed by atoms with Gasteiger partial charge in [0.05, 0.1) is 23.5 Å². The number of carbonyl (C=O) groups is 2. The molecule has 0 aromatic heterocycles. The molecule has 0 saturated carbocycles. The van der Waals surface area contributed by atoms with E-state index in [2.05, 4.69) is 36.4 Å². The second kappa shape index (κ2) is 8.09. The van der Waals surface area contributed by atoms with Crippen LogP contribution < -0.4 is 15.2 Å². The van der Waals surface area contributed by atoms with Gasteiger partial charge in [-0.05, 0) is 52.3 Å². The molecule has 3 rings (SSSR count). The van der Waals surface area contributed by atoms with Crippen molar-refractivity contribution in [2.45, 2.75) is 65.6 Å². The van der Waals surface area contributed by atoms with Gasteiger partial charge >= 0.3 is 6.09 Å². The first kappa shape index (κ1) is 20.6. The molecular formula is C21H32N4O3. The number of carbonyl (C=O) groups excluding carboxylic acids is 2. The summed E-state index contributed by atoms with van der Waals surface area (Å²) in [6, 6.07) is 6.41. The van der Waals surface area contributed by atoms with Crippen LogP contribution in [0.25, 0.3) is 0 Å². The highest BCUT2D eigenvalue weighted by Gasteiger charge is 2.35. The van der Waals surface area contributed by atoms with Gasteiger partial charge in [-0.1, -0.05) is 6.07 Å². The average Bonchev–Trinajstić information content (AvgIpc) is 3.10. The minimum Gasteiger partial charge on any atom is -0.446 e. The monoisotopic (exact) mass is 388 g/mol. The summed E-state index contributed by atoms with van der Waals surface area (Å²) in [6.45, 7) is 13.7. The van der Waals surface area contributed by atoms with Crippen LogP contribution in [-0.2, 0) is 9.53 Å². The van der Waals surface area contributed by atoms with Gasteiger partial charge in [-0.25, -0.2) is 9.80 Å². The molecule has 0 bridgehead atoms. The molecule has 0 spiro atoms. The number of rotatable bonds is 3. The first-order valence-electron chi connectivity index (χ1n) is 10.1. The summed E-state index contributed by atoms with van der Waals surface area (Å²) in [5.41, 5.74) is 6.12. The molecule has 0 radical (unpaired) electrons. The molecular weight excluding hydrogens is 356 g/mol. The van der Waals surface area contributed by atoms with E-state index in [0.29, 0.717) is 18.5 Å². The lowest BCUT2D eigenvalue weighted by Crippen LogP contribution is -2.51. The molecule has 1 unspecified atom stereocenters. The van der Waals surface area contributed by atoms with E-state index < -0.39 is 0 Å². The van der Waals surface area contributed by atoms with Crippen molar-refractivity contribution in [1.29, 1.82) is 0 Å². The molecule has 7 nitrogen and oxygen atoms in total. The van der Waals surface area contributed by atoms with Crippen molar-refractivity contribution >= 4 is 23.4 Å². The summed E-state index contributed by atoms with van der Waals surface area (Å²) in [6.07, 6.45) is -0.560. The van der Waals surface area contributed by atoms with Crippen molar-refractivity contribution in [1.82, 2.24) is 10.4 Å². The Balaban J connectivity index is 1.97. The molecule has 2 atom stereocenters. The largest absolute Gasteiger partial charge is 0.446 e. The number of hydrazine groups is 1. The van der Waals surface area contributed by atoms with Crippen LogP contribution in [0.5, 0.6) is 0 Å². The number of hydrogen-bond donors (Lipinski definition) is 1. The first-order valence-corrected chi connectivity index (χ1v) is 10.1. The number of benzene rings is 1. The van der Waals surface area contributed by atoms with Crippen LogP contribution in [-0.4, -0.2) is 54.8 Å². The second-order valence-corrected chi connectivity index (χ2v) is 8.33. The van der Waals surface area contributed by atoms with Crippen molar-refractivity contribution < 1.29 is 14.3 Å². The number of ether oxygens (including phenoxy) is 1. The normalized spacial score (nSPS) is 22.7. The predicted molar refractivity (Wildman–Crippen MR) is 111 cm³/mol. The zero-order valence-electron chi connectivity index (χ0n) is 17.7. The van der Waals surface area contributed by atoms with E-state index in [9.17, 15) is 9.59 Å². The highest BCUT2D eigenvalue weighted by Crippen LogP contribution is 2.39. The van der Waals surface area contributed by atoms with Crippen molar-refractivity contribution in [3.63, 3.8) is 0 Å². The Morgan fingerprint density at radius 3 is 2.43 bits per heavy atom. The maximum Gasteiger partial charge on any atom is 0.414 e. The standard InChI is InChI=1S/C21H32N4O3/c1-13(2)24-12-18(10-22-24)17-7-8-19-20(9-17)23(21(27)28-14(3)4)11-15(5)25(19)16(6)26/h7-9,13-15,18,22H,10-12H2,1-6H3/t15-,18?/m0/s1. The van der Waals surface area contributed by atoms with Crippen LogP contribution in [0.2, 0.25) is 0 Å². The molecule has 28 heavy (non-hydrogen) atoms. The molecule has 0 aliphatic carbocycles. The fourth-order valence-corrected chi connectivity index (χ4v) is 4.02. The van der Waals surface area contributed by atoms with Crippen LogP contribution in [0, 0.1) is 0 Å². The summed E-state index contributed by atoms with van der Waals surface area (Å²) < 4.78 is 5.47. The van der Waals surface area contributed by atoms with Gasteiger partial charge in [0.2, 0.25) is 5.91 Å². The Kier molecular flexibility index (Phi) is 5.95. The maximum atomic E-state index is 12.7. The van der Waals surface area contributed by atoms with E-state index in [1.807, 2.05) is 26.8 Å². The van der Waals surface area contributed by atoms with Crippen LogP contribution in [0.4, 0.5) is 16.2 Å². The Hall–Kier alpha value is -2.12. The molecule has 2 aliphatic heterocycles. The maximum absolute atomic E-state index is 12.7. The molecule has 2 heterocycles. The highest BCUT2D eigenvalue weighted by atomic mass is 16.6. The third-order valence-corrected chi connectivity index (χ3v) is 5.39. The molecule has 2 aliphatic rings. The number of anilines is 2. The van der Waals surface area contributed by atoms with Gasteiger partial charge in [0.15, 0.2) is 0 Å². The fourth-order valence-electron chi connectivity index (χ4n) is 4.02. The van der Waals surface area contributed by atoms with Gasteiger partial charge < -0.3 is 9.64 Å². The zero-order chi connectivity index (χ0) is 20.6. The average molecular weight is 389 g/mol. The summed E-state index contributed by atoms with van der Waals surface area (Å²) in [7, 11) is 0. The van der Waals surface area contributed by atoms with Crippen molar-refractivity contribution in [2.24, 2.45) is 0 Å². The van der Waals surface area contributed by atoms with Gasteiger partial charge in [-0.15, -0.1) is 0 Å². The summed E-state index contributed by atoms with van der Waals surface area (Å²) in [4.78, 5) is 28.4. The van der Waals surface area contributed by atoms with E-state index in [1.165, 1.54) is 0 Å². The number of nitrogens with one attached hydrogen (secondary N) is 1. The van der Waals surface area contributed by atoms with Crippen molar-refractivity contribution in [3.05, 3.63) is 23.8 Å². The number of nitrogens with zero attached hydrogens (tertiary/aromatic N) is 3. The molecule has 1 N–H and O–H groups in total. The summed E-state index contributed by atoms with van der Waals surface area (Å²) in [5, 5.41) is 2.23.